The molecule has 0 saturated carbocycles. The van der Waals surface area contributed by atoms with Crippen LogP contribution in [0.4, 0.5) is 10.5 Å². The fourth-order valence-electron chi connectivity index (χ4n) is 3.18. The fraction of sp³-hybridized carbons (Fsp3) is 0.556. The Hall–Kier alpha value is -2.04. The Morgan fingerprint density at radius 3 is 2.52 bits per heavy atom. The van der Waals surface area contributed by atoms with Crippen LogP contribution < -0.4 is 5.32 Å². The smallest absolute Gasteiger partial charge is 0.321 e. The third-order valence-electron chi connectivity index (χ3n) is 4.24. The highest BCUT2D eigenvalue weighted by Gasteiger charge is 2.29. The summed E-state index contributed by atoms with van der Waals surface area (Å²) in [5.41, 5.74) is 4.14. The average Bonchev–Trinajstić information content (AvgIpc) is 2.51. The normalized spacial score (nSPS) is 17.7. The Morgan fingerprint density at radius 2 is 1.91 bits per heavy atom. The van der Waals surface area contributed by atoms with Crippen LogP contribution in [0, 0.1) is 26.7 Å². The number of rotatable bonds is 3. The molecule has 1 atom stereocenters. The summed E-state index contributed by atoms with van der Waals surface area (Å²) in [7, 11) is 0. The maximum absolute atomic E-state index is 12.5. The van der Waals surface area contributed by atoms with Crippen LogP contribution in [0.2, 0.25) is 0 Å². The number of nitrogens with zero attached hydrogens (tertiary/aromatic N) is 1. The van der Waals surface area contributed by atoms with E-state index in [1.165, 1.54) is 5.56 Å². The van der Waals surface area contributed by atoms with Crippen molar-refractivity contribution in [3.8, 4) is 0 Å². The lowest BCUT2D eigenvalue weighted by Crippen LogP contribution is -2.44. The lowest BCUT2D eigenvalue weighted by Gasteiger charge is -2.32. The predicted octanol–water partition coefficient (Wildman–Crippen LogP) is 3.42. The van der Waals surface area contributed by atoms with Gasteiger partial charge in [0.15, 0.2) is 0 Å². The molecule has 1 aromatic rings. The molecule has 5 heteroatoms. The van der Waals surface area contributed by atoms with E-state index in [0.29, 0.717) is 19.7 Å². The van der Waals surface area contributed by atoms with E-state index in [1.54, 1.807) is 11.8 Å². The molecule has 23 heavy (non-hydrogen) atoms. The molecule has 0 radical (unpaired) electrons. The number of carbonyl (C=O) groups excluding carboxylic acids is 2. The van der Waals surface area contributed by atoms with Crippen LogP contribution in [0.15, 0.2) is 12.1 Å². The van der Waals surface area contributed by atoms with Gasteiger partial charge in [-0.3, -0.25) is 4.79 Å². The van der Waals surface area contributed by atoms with Gasteiger partial charge in [-0.05, 0) is 51.7 Å². The van der Waals surface area contributed by atoms with Crippen molar-refractivity contribution in [2.75, 3.05) is 25.0 Å². The molecule has 0 aliphatic carbocycles. The second kappa shape index (κ2) is 7.49. The van der Waals surface area contributed by atoms with Crippen molar-refractivity contribution in [1.29, 1.82) is 0 Å². The second-order valence-corrected chi connectivity index (χ2v) is 6.24. The lowest BCUT2D eigenvalue weighted by atomic mass is 9.98. The van der Waals surface area contributed by atoms with E-state index < -0.39 is 0 Å². The highest BCUT2D eigenvalue weighted by molar-refractivity contribution is 5.91. The molecule has 1 aliphatic rings. The predicted molar refractivity (Wildman–Crippen MR) is 90.6 cm³/mol. The topological polar surface area (TPSA) is 58.6 Å². The van der Waals surface area contributed by atoms with Crippen LogP contribution in [-0.2, 0) is 9.53 Å². The molecule has 5 nitrogen and oxygen atoms in total. The number of amides is 2. The number of hydrogen-bond acceptors (Lipinski definition) is 3. The Morgan fingerprint density at radius 1 is 1.26 bits per heavy atom. The third kappa shape index (κ3) is 4.24. The number of esters is 1. The summed E-state index contributed by atoms with van der Waals surface area (Å²) in [6, 6.07) is 3.97. The van der Waals surface area contributed by atoms with Gasteiger partial charge in [-0.15, -0.1) is 0 Å². The lowest BCUT2D eigenvalue weighted by molar-refractivity contribution is -0.149. The van der Waals surface area contributed by atoms with Crippen molar-refractivity contribution >= 4 is 17.7 Å². The van der Waals surface area contributed by atoms with E-state index >= 15 is 0 Å². The monoisotopic (exact) mass is 318 g/mol. The number of benzene rings is 1. The van der Waals surface area contributed by atoms with Gasteiger partial charge in [0.05, 0.1) is 12.5 Å². The molecule has 1 unspecified atom stereocenters. The van der Waals surface area contributed by atoms with Crippen LogP contribution in [0.1, 0.15) is 36.5 Å². The summed E-state index contributed by atoms with van der Waals surface area (Å²) < 4.78 is 5.08. The van der Waals surface area contributed by atoms with Gasteiger partial charge in [0.1, 0.15) is 0 Å². The standard InChI is InChI=1S/C18H26N2O3/c1-5-23-17(21)15-7-6-8-20(11-15)18(22)19-16-13(3)9-12(2)10-14(16)4/h9-10,15H,5-8,11H2,1-4H3,(H,19,22). The van der Waals surface area contributed by atoms with Crippen molar-refractivity contribution in [2.45, 2.75) is 40.5 Å². The zero-order valence-corrected chi connectivity index (χ0v) is 14.4. The van der Waals surface area contributed by atoms with Gasteiger partial charge in [-0.1, -0.05) is 17.7 Å². The second-order valence-electron chi connectivity index (χ2n) is 6.24. The summed E-state index contributed by atoms with van der Waals surface area (Å²) in [5.74, 6) is -0.414. The minimum absolute atomic E-state index is 0.144. The largest absolute Gasteiger partial charge is 0.466 e. The van der Waals surface area contributed by atoms with Gasteiger partial charge in [0.25, 0.3) is 0 Å². The van der Waals surface area contributed by atoms with E-state index in [-0.39, 0.29) is 17.9 Å². The Bertz CT molecular complexity index is 575. The quantitative estimate of drug-likeness (QED) is 0.869. The van der Waals surface area contributed by atoms with Crippen LogP contribution in [0.5, 0.6) is 0 Å². The molecule has 2 rings (SSSR count). The van der Waals surface area contributed by atoms with Crippen LogP contribution in [0.3, 0.4) is 0 Å². The number of hydrogen-bond donors (Lipinski definition) is 1. The zero-order valence-electron chi connectivity index (χ0n) is 14.4. The van der Waals surface area contributed by atoms with Crippen molar-refractivity contribution < 1.29 is 14.3 Å². The Balaban J connectivity index is 2.05. The molecule has 1 N–H and O–H groups in total. The van der Waals surface area contributed by atoms with Gasteiger partial charge in [-0.2, -0.15) is 0 Å². The van der Waals surface area contributed by atoms with E-state index in [4.69, 9.17) is 4.74 Å². The number of anilines is 1. The van der Waals surface area contributed by atoms with E-state index in [1.807, 2.05) is 20.8 Å². The number of nitrogens with one attached hydrogen (secondary N) is 1. The minimum Gasteiger partial charge on any atom is -0.466 e. The van der Waals surface area contributed by atoms with Crippen molar-refractivity contribution in [3.63, 3.8) is 0 Å². The molecule has 1 heterocycles. The highest BCUT2D eigenvalue weighted by Crippen LogP contribution is 2.24. The van der Waals surface area contributed by atoms with Crippen molar-refractivity contribution in [3.05, 3.63) is 28.8 Å². The van der Waals surface area contributed by atoms with Crippen LogP contribution >= 0.6 is 0 Å². The van der Waals surface area contributed by atoms with Gasteiger partial charge in [-0.25, -0.2) is 4.79 Å². The summed E-state index contributed by atoms with van der Waals surface area (Å²) in [5, 5.41) is 3.00. The van der Waals surface area contributed by atoms with Gasteiger partial charge < -0.3 is 15.0 Å². The number of aryl methyl sites for hydroxylation is 3. The molecule has 0 bridgehead atoms. The van der Waals surface area contributed by atoms with Gasteiger partial charge in [0.2, 0.25) is 0 Å². The molecule has 2 amide bonds. The van der Waals surface area contributed by atoms with E-state index in [9.17, 15) is 9.59 Å². The highest BCUT2D eigenvalue weighted by atomic mass is 16.5. The first-order valence-electron chi connectivity index (χ1n) is 8.22. The molecular formula is C18H26N2O3. The zero-order chi connectivity index (χ0) is 17.0. The van der Waals surface area contributed by atoms with Gasteiger partial charge in [0, 0.05) is 18.8 Å². The molecule has 126 valence electrons. The molecule has 1 fully saturated rings. The summed E-state index contributed by atoms with van der Waals surface area (Å²) >= 11 is 0. The first-order valence-corrected chi connectivity index (χ1v) is 8.22. The molecule has 1 aliphatic heterocycles. The number of carbonyl (C=O) groups is 2. The Labute approximate surface area is 138 Å². The maximum Gasteiger partial charge on any atom is 0.321 e. The number of likely N-dealkylation sites (tertiary alicyclic amines) is 1. The SMILES string of the molecule is CCOC(=O)C1CCCN(C(=O)Nc2c(C)cc(C)cc2C)C1. The van der Waals surface area contributed by atoms with E-state index in [2.05, 4.69) is 17.4 Å². The average molecular weight is 318 g/mol. The molecule has 0 spiro atoms. The van der Waals surface area contributed by atoms with Crippen molar-refractivity contribution in [1.82, 2.24) is 4.90 Å². The van der Waals surface area contributed by atoms with Gasteiger partial charge >= 0.3 is 12.0 Å². The first kappa shape index (κ1) is 17.3. The molecular weight excluding hydrogens is 292 g/mol. The van der Waals surface area contributed by atoms with Crippen molar-refractivity contribution in [2.24, 2.45) is 5.92 Å². The van der Waals surface area contributed by atoms with Crippen LogP contribution in [0.25, 0.3) is 0 Å². The number of piperidine rings is 1. The van der Waals surface area contributed by atoms with E-state index in [0.717, 1.165) is 29.7 Å². The fourth-order valence-corrected chi connectivity index (χ4v) is 3.18. The molecule has 0 aromatic heterocycles. The number of urea groups is 1. The molecule has 1 saturated heterocycles. The van der Waals surface area contributed by atoms with Crippen LogP contribution in [-0.4, -0.2) is 36.6 Å². The number of ether oxygens (including phenoxy) is 1. The summed E-state index contributed by atoms with van der Waals surface area (Å²) in [6.07, 6.45) is 1.61. The minimum atomic E-state index is -0.213. The Kier molecular flexibility index (Phi) is 5.64. The maximum atomic E-state index is 12.5. The third-order valence-corrected chi connectivity index (χ3v) is 4.24. The molecule has 1 aromatic carbocycles. The first-order chi connectivity index (χ1) is 10.9. The summed E-state index contributed by atoms with van der Waals surface area (Å²) in [4.78, 5) is 26.1. The summed E-state index contributed by atoms with van der Waals surface area (Å²) in [6.45, 7) is 9.30.